The van der Waals surface area contributed by atoms with Crippen LogP contribution in [-0.2, 0) is 23.7 Å². The normalized spacial score (nSPS) is 12.7. The largest absolute Gasteiger partial charge is 0.364 e. The van der Waals surface area contributed by atoms with Gasteiger partial charge in [0.15, 0.2) is 11.5 Å². The number of amides is 2. The molecule has 9 nitrogen and oxygen atoms in total. The van der Waals surface area contributed by atoms with E-state index in [1.54, 1.807) is 49.2 Å². The average molecular weight is 480 g/mol. The molecule has 0 fully saturated rings. The Bertz CT molecular complexity index is 1390. The number of benzene rings is 1. The molecule has 0 radical (unpaired) electrons. The Kier molecular flexibility index (Phi) is 6.41. The number of nitrogens with one attached hydrogen (secondary N) is 2. The summed E-state index contributed by atoms with van der Waals surface area (Å²) in [7, 11) is 1.73. The Balaban J connectivity index is 1.76. The number of halogens is 2. The second-order valence-electron chi connectivity index (χ2n) is 8.23. The first-order valence-corrected chi connectivity index (χ1v) is 10.6. The molecular formula is C24H22F2N6O3. The molecule has 3 aromatic heterocycles. The molecule has 11 heteroatoms. The summed E-state index contributed by atoms with van der Waals surface area (Å²) in [5.74, 6) is -2.40. The van der Waals surface area contributed by atoms with Gasteiger partial charge in [-0.3, -0.25) is 14.3 Å². The van der Waals surface area contributed by atoms with Crippen molar-refractivity contribution in [3.8, 4) is 0 Å². The minimum atomic E-state index is -1.04. The van der Waals surface area contributed by atoms with Crippen LogP contribution in [0.2, 0.25) is 0 Å². The van der Waals surface area contributed by atoms with Crippen LogP contribution in [0, 0.1) is 11.6 Å². The summed E-state index contributed by atoms with van der Waals surface area (Å²) in [6.07, 6.45) is 4.39. The number of carbonyl (C=O) groups excluding carboxylic acids is 2. The highest BCUT2D eigenvalue weighted by atomic mass is 19.1. The molecule has 35 heavy (non-hydrogen) atoms. The van der Waals surface area contributed by atoms with Crippen molar-refractivity contribution in [3.63, 3.8) is 0 Å². The quantitative estimate of drug-likeness (QED) is 0.415. The molecule has 0 saturated heterocycles. The lowest BCUT2D eigenvalue weighted by molar-refractivity contribution is -0.114. The number of aromatic nitrogens is 4. The van der Waals surface area contributed by atoms with Gasteiger partial charge >= 0.3 is 0 Å². The third-order valence-corrected chi connectivity index (χ3v) is 5.60. The summed E-state index contributed by atoms with van der Waals surface area (Å²) in [6.45, 7) is 3.14. The van der Waals surface area contributed by atoms with Gasteiger partial charge in [-0.2, -0.15) is 5.10 Å². The molecule has 3 heterocycles. The van der Waals surface area contributed by atoms with Crippen LogP contribution in [0.5, 0.6) is 0 Å². The van der Waals surface area contributed by atoms with E-state index in [9.17, 15) is 14.0 Å². The fourth-order valence-corrected chi connectivity index (χ4v) is 3.76. The van der Waals surface area contributed by atoms with Crippen molar-refractivity contribution < 1.29 is 22.9 Å². The lowest BCUT2D eigenvalue weighted by atomic mass is 9.75. The molecule has 1 unspecified atom stereocenters. The van der Waals surface area contributed by atoms with Gasteiger partial charge in [0.05, 0.1) is 17.6 Å². The predicted octanol–water partition coefficient (Wildman–Crippen LogP) is 3.84. The number of hydrogen-bond acceptors (Lipinski definition) is 6. The zero-order valence-electron chi connectivity index (χ0n) is 19.2. The lowest BCUT2D eigenvalue weighted by Gasteiger charge is -2.29. The van der Waals surface area contributed by atoms with Crippen LogP contribution in [0.1, 0.15) is 41.2 Å². The predicted molar refractivity (Wildman–Crippen MR) is 123 cm³/mol. The van der Waals surface area contributed by atoms with Crippen molar-refractivity contribution in [1.29, 1.82) is 0 Å². The van der Waals surface area contributed by atoms with Gasteiger partial charge in [0.1, 0.15) is 17.9 Å². The minimum Gasteiger partial charge on any atom is -0.364 e. The highest BCUT2D eigenvalue weighted by Crippen LogP contribution is 2.37. The van der Waals surface area contributed by atoms with Crippen LogP contribution in [0.15, 0.2) is 59.6 Å². The van der Waals surface area contributed by atoms with E-state index < -0.39 is 23.0 Å². The van der Waals surface area contributed by atoms with Gasteiger partial charge in [-0.15, -0.1) is 0 Å². The molecule has 1 atom stereocenters. The summed E-state index contributed by atoms with van der Waals surface area (Å²) in [5, 5.41) is 12.8. The van der Waals surface area contributed by atoms with E-state index in [4.69, 9.17) is 0 Å². The maximum Gasteiger partial charge on any atom is 0.277 e. The first-order valence-electron chi connectivity index (χ1n) is 10.6. The van der Waals surface area contributed by atoms with E-state index in [1.807, 2.05) is 0 Å². The molecule has 4 aromatic rings. The fraction of sp³-hybridized carbons (Fsp3) is 0.208. The highest BCUT2D eigenvalue weighted by Gasteiger charge is 2.35. The zero-order valence-corrected chi connectivity index (χ0v) is 19.2. The molecule has 1 aromatic carbocycles. The molecule has 180 valence electrons. The number of aryl methyl sites for hydroxylation is 1. The number of anilines is 2. The van der Waals surface area contributed by atoms with E-state index in [-0.39, 0.29) is 29.3 Å². The van der Waals surface area contributed by atoms with Gasteiger partial charge in [-0.25, -0.2) is 13.8 Å². The molecule has 4 rings (SSSR count). The third kappa shape index (κ3) is 4.93. The van der Waals surface area contributed by atoms with E-state index in [1.165, 1.54) is 19.3 Å². The molecule has 2 N–H and O–H groups in total. The highest BCUT2D eigenvalue weighted by molar-refractivity contribution is 6.02. The van der Waals surface area contributed by atoms with Crippen molar-refractivity contribution in [2.24, 2.45) is 7.05 Å². The summed E-state index contributed by atoms with van der Waals surface area (Å²) < 4.78 is 36.8. The number of rotatable bonds is 7. The molecule has 0 bridgehead atoms. The molecule has 0 spiro atoms. The van der Waals surface area contributed by atoms with Crippen LogP contribution in [-0.4, -0.2) is 31.7 Å². The van der Waals surface area contributed by atoms with Gasteiger partial charge in [-0.05, 0) is 37.6 Å². The fourth-order valence-electron chi connectivity index (χ4n) is 3.76. The Labute approximate surface area is 199 Å². The Hall–Kier alpha value is -4.41. The van der Waals surface area contributed by atoms with Crippen LogP contribution in [0.3, 0.4) is 0 Å². The van der Waals surface area contributed by atoms with Crippen LogP contribution < -0.4 is 10.6 Å². The molecule has 0 aliphatic heterocycles. The van der Waals surface area contributed by atoms with Gasteiger partial charge in [0.2, 0.25) is 5.91 Å². The van der Waals surface area contributed by atoms with Crippen molar-refractivity contribution in [1.82, 2.24) is 19.9 Å². The van der Waals surface area contributed by atoms with Crippen molar-refractivity contribution in [2.45, 2.75) is 25.7 Å². The molecule has 2 amide bonds. The number of nitrogens with zero attached hydrogens (tertiary/aromatic N) is 4. The van der Waals surface area contributed by atoms with Gasteiger partial charge in [-0.1, -0.05) is 11.2 Å². The second-order valence-corrected chi connectivity index (χ2v) is 8.23. The van der Waals surface area contributed by atoms with Crippen LogP contribution >= 0.6 is 0 Å². The molecule has 0 aliphatic rings. The zero-order chi connectivity index (χ0) is 25.2. The Morgan fingerprint density at radius 1 is 1.14 bits per heavy atom. The second kappa shape index (κ2) is 9.45. The van der Waals surface area contributed by atoms with Crippen molar-refractivity contribution >= 4 is 23.3 Å². The number of pyridine rings is 1. The smallest absolute Gasteiger partial charge is 0.277 e. The summed E-state index contributed by atoms with van der Waals surface area (Å²) in [5.41, 5.74) is -0.423. The van der Waals surface area contributed by atoms with E-state index in [0.29, 0.717) is 17.1 Å². The monoisotopic (exact) mass is 480 g/mol. The lowest BCUT2D eigenvalue weighted by Crippen LogP contribution is -2.29. The summed E-state index contributed by atoms with van der Waals surface area (Å²) >= 11 is 0. The summed E-state index contributed by atoms with van der Waals surface area (Å²) in [4.78, 5) is 28.4. The standard InChI is InChI=1S/C24H22F2N6O3/c1-14(33)28-21-6-4-5-20(30-21)24(2,15-12-27-32(3)13-15)11-16-17(25)7-8-18(22(16)26)29-23(34)19-9-10-35-31-19/h4-10,12-13H,11H2,1-3H3,(H,29,34)(H,28,30,33). The minimum absolute atomic E-state index is 0.0468. The average Bonchev–Trinajstić information content (AvgIpc) is 3.50. The maximum absolute atomic E-state index is 15.6. The molecule has 0 saturated carbocycles. The van der Waals surface area contributed by atoms with Gasteiger partial charge in [0.25, 0.3) is 5.91 Å². The van der Waals surface area contributed by atoms with Crippen molar-refractivity contribution in [3.05, 3.63) is 89.2 Å². The summed E-state index contributed by atoms with van der Waals surface area (Å²) in [6, 6.07) is 8.58. The third-order valence-electron chi connectivity index (χ3n) is 5.60. The SMILES string of the molecule is CC(=O)Nc1cccc(C(C)(Cc2c(F)ccc(NC(=O)c3ccon3)c2F)c2cnn(C)c2)n1. The van der Waals surface area contributed by atoms with Crippen LogP contribution in [0.25, 0.3) is 0 Å². The van der Waals surface area contributed by atoms with Crippen LogP contribution in [0.4, 0.5) is 20.3 Å². The van der Waals surface area contributed by atoms with E-state index in [2.05, 4.69) is 30.4 Å². The van der Waals surface area contributed by atoms with Gasteiger partial charge in [0, 0.05) is 42.8 Å². The van der Waals surface area contributed by atoms with Crippen molar-refractivity contribution in [2.75, 3.05) is 10.6 Å². The van der Waals surface area contributed by atoms with Gasteiger partial charge < -0.3 is 15.2 Å². The number of carbonyl (C=O) groups is 2. The number of hydrogen-bond donors (Lipinski definition) is 2. The topological polar surface area (TPSA) is 115 Å². The maximum atomic E-state index is 15.6. The van der Waals surface area contributed by atoms with E-state index >= 15 is 4.39 Å². The molecule has 0 aliphatic carbocycles. The Morgan fingerprint density at radius 3 is 2.60 bits per heavy atom. The first kappa shape index (κ1) is 23.7. The molecular weight excluding hydrogens is 458 g/mol. The Morgan fingerprint density at radius 2 is 1.94 bits per heavy atom. The van der Waals surface area contributed by atoms with E-state index in [0.717, 1.165) is 12.1 Å². The first-order chi connectivity index (χ1) is 16.7.